The number of para-hydroxylation sites is 1. The van der Waals surface area contributed by atoms with Crippen molar-refractivity contribution in [2.24, 2.45) is 0 Å². The highest BCUT2D eigenvalue weighted by molar-refractivity contribution is 5.88. The number of methoxy groups -OCH3 is 2. The maximum Gasteiger partial charge on any atom is 0.348 e. The molecule has 78 valence electrons. The summed E-state index contributed by atoms with van der Waals surface area (Å²) in [6.07, 6.45) is 0. The van der Waals surface area contributed by atoms with Crippen molar-refractivity contribution < 1.29 is 9.47 Å². The first kappa shape index (κ1) is 9.51. The van der Waals surface area contributed by atoms with E-state index in [0.29, 0.717) is 17.1 Å². The number of H-pyrrole nitrogens is 1. The number of aromatic nitrogens is 2. The molecule has 5 nitrogen and oxygen atoms in total. The number of aromatic amines is 1. The first-order valence-electron chi connectivity index (χ1n) is 4.37. The predicted octanol–water partition coefficient (Wildman–Crippen LogP) is 0.940. The van der Waals surface area contributed by atoms with E-state index in [0.717, 1.165) is 5.39 Å². The molecule has 0 bridgehead atoms. The topological polar surface area (TPSA) is 64.2 Å². The lowest BCUT2D eigenvalue weighted by molar-refractivity contribution is 0.399. The van der Waals surface area contributed by atoms with Crippen LogP contribution in [-0.2, 0) is 0 Å². The zero-order valence-electron chi connectivity index (χ0n) is 8.40. The standard InChI is InChI=1S/C10H10N2O3/c1-14-7-5-3-4-6-8(7)11-10(13)12-9(6)15-2/h3-5H,1-2H3,(H,11,12,13). The first-order valence-corrected chi connectivity index (χ1v) is 4.37. The van der Waals surface area contributed by atoms with Crippen molar-refractivity contribution in [3.63, 3.8) is 0 Å². The Morgan fingerprint density at radius 1 is 1.27 bits per heavy atom. The van der Waals surface area contributed by atoms with Crippen LogP contribution < -0.4 is 15.2 Å². The lowest BCUT2D eigenvalue weighted by atomic mass is 10.2. The zero-order valence-corrected chi connectivity index (χ0v) is 8.40. The average molecular weight is 206 g/mol. The van der Waals surface area contributed by atoms with Gasteiger partial charge in [-0.05, 0) is 12.1 Å². The van der Waals surface area contributed by atoms with Crippen LogP contribution in [0.5, 0.6) is 11.6 Å². The summed E-state index contributed by atoms with van der Waals surface area (Å²) in [5.74, 6) is 0.887. The van der Waals surface area contributed by atoms with Gasteiger partial charge in [0.05, 0.1) is 25.1 Å². The molecule has 0 fully saturated rings. The molecule has 0 atom stereocenters. The van der Waals surface area contributed by atoms with Crippen LogP contribution in [0.1, 0.15) is 0 Å². The Hall–Kier alpha value is -2.04. The largest absolute Gasteiger partial charge is 0.495 e. The van der Waals surface area contributed by atoms with Crippen molar-refractivity contribution in [3.05, 3.63) is 28.7 Å². The molecule has 5 heteroatoms. The molecule has 1 aromatic carbocycles. The lowest BCUT2D eigenvalue weighted by Crippen LogP contribution is -2.11. The van der Waals surface area contributed by atoms with Gasteiger partial charge in [0, 0.05) is 0 Å². The summed E-state index contributed by atoms with van der Waals surface area (Å²) in [7, 11) is 3.01. The maximum atomic E-state index is 11.2. The molecule has 0 aliphatic rings. The van der Waals surface area contributed by atoms with Gasteiger partial charge in [0.25, 0.3) is 0 Å². The molecule has 0 aliphatic heterocycles. The summed E-state index contributed by atoms with van der Waals surface area (Å²) in [4.78, 5) is 17.5. The van der Waals surface area contributed by atoms with E-state index in [9.17, 15) is 4.79 Å². The number of nitrogens with one attached hydrogen (secondary N) is 1. The minimum absolute atomic E-state index is 0.299. The van der Waals surface area contributed by atoms with Gasteiger partial charge in [0.1, 0.15) is 5.75 Å². The van der Waals surface area contributed by atoms with Crippen molar-refractivity contribution in [1.29, 1.82) is 0 Å². The minimum atomic E-state index is -0.455. The normalized spacial score (nSPS) is 10.3. The second-order valence-corrected chi connectivity index (χ2v) is 2.93. The molecule has 0 saturated carbocycles. The third-order valence-corrected chi connectivity index (χ3v) is 2.10. The van der Waals surface area contributed by atoms with Gasteiger partial charge in [-0.1, -0.05) is 6.07 Å². The van der Waals surface area contributed by atoms with Crippen molar-refractivity contribution in [2.75, 3.05) is 14.2 Å². The van der Waals surface area contributed by atoms with E-state index in [-0.39, 0.29) is 0 Å². The van der Waals surface area contributed by atoms with Gasteiger partial charge in [-0.3, -0.25) is 0 Å². The van der Waals surface area contributed by atoms with Crippen LogP contribution in [0.25, 0.3) is 10.9 Å². The minimum Gasteiger partial charge on any atom is -0.495 e. The van der Waals surface area contributed by atoms with Crippen LogP contribution in [0.4, 0.5) is 0 Å². The smallest absolute Gasteiger partial charge is 0.348 e. The van der Waals surface area contributed by atoms with Gasteiger partial charge in [-0.25, -0.2) is 4.79 Å². The number of rotatable bonds is 2. The fraction of sp³-hybridized carbons (Fsp3) is 0.200. The van der Waals surface area contributed by atoms with Crippen molar-refractivity contribution in [3.8, 4) is 11.6 Å². The monoisotopic (exact) mass is 206 g/mol. The molecule has 0 saturated heterocycles. The molecule has 2 aromatic rings. The number of fused-ring (bicyclic) bond motifs is 1. The Balaban J connectivity index is 2.88. The molecule has 1 heterocycles. The Bertz CT molecular complexity index is 548. The number of hydrogen-bond donors (Lipinski definition) is 1. The van der Waals surface area contributed by atoms with Crippen LogP contribution >= 0.6 is 0 Å². The number of nitrogens with zero attached hydrogens (tertiary/aromatic N) is 1. The summed E-state index contributed by atoms with van der Waals surface area (Å²) < 4.78 is 10.1. The van der Waals surface area contributed by atoms with E-state index in [2.05, 4.69) is 9.97 Å². The van der Waals surface area contributed by atoms with Gasteiger partial charge in [-0.2, -0.15) is 4.98 Å². The summed E-state index contributed by atoms with van der Waals surface area (Å²) in [6.45, 7) is 0. The van der Waals surface area contributed by atoms with E-state index in [4.69, 9.17) is 9.47 Å². The summed E-state index contributed by atoms with van der Waals surface area (Å²) in [5.41, 5.74) is 0.140. The van der Waals surface area contributed by atoms with Crippen molar-refractivity contribution >= 4 is 10.9 Å². The average Bonchev–Trinajstić information content (AvgIpc) is 2.27. The summed E-state index contributed by atoms with van der Waals surface area (Å²) in [5, 5.41) is 0.719. The highest BCUT2D eigenvalue weighted by Crippen LogP contribution is 2.26. The molecule has 1 N–H and O–H groups in total. The summed E-state index contributed by atoms with van der Waals surface area (Å²) >= 11 is 0. The van der Waals surface area contributed by atoms with E-state index in [1.807, 2.05) is 6.07 Å². The molecule has 15 heavy (non-hydrogen) atoms. The highest BCUT2D eigenvalue weighted by atomic mass is 16.5. The van der Waals surface area contributed by atoms with Gasteiger partial charge in [0.2, 0.25) is 5.88 Å². The first-order chi connectivity index (χ1) is 7.26. The van der Waals surface area contributed by atoms with Crippen LogP contribution in [-0.4, -0.2) is 24.2 Å². The van der Waals surface area contributed by atoms with Crippen LogP contribution in [0, 0.1) is 0 Å². The Morgan fingerprint density at radius 3 is 2.73 bits per heavy atom. The van der Waals surface area contributed by atoms with Crippen LogP contribution in [0.2, 0.25) is 0 Å². The second kappa shape index (κ2) is 3.61. The molecular weight excluding hydrogens is 196 g/mol. The van der Waals surface area contributed by atoms with E-state index in [1.54, 1.807) is 19.2 Å². The van der Waals surface area contributed by atoms with Gasteiger partial charge >= 0.3 is 5.69 Å². The van der Waals surface area contributed by atoms with Crippen molar-refractivity contribution in [1.82, 2.24) is 9.97 Å². The van der Waals surface area contributed by atoms with E-state index >= 15 is 0 Å². The third kappa shape index (κ3) is 1.52. The predicted molar refractivity (Wildman–Crippen MR) is 55.5 cm³/mol. The molecule has 0 radical (unpaired) electrons. The number of hydrogen-bond acceptors (Lipinski definition) is 4. The molecule has 0 aliphatic carbocycles. The van der Waals surface area contributed by atoms with E-state index in [1.165, 1.54) is 7.11 Å². The Morgan fingerprint density at radius 2 is 2.07 bits per heavy atom. The summed E-state index contributed by atoms with van der Waals surface area (Å²) in [6, 6.07) is 5.38. The lowest BCUT2D eigenvalue weighted by Gasteiger charge is -2.06. The van der Waals surface area contributed by atoms with Crippen LogP contribution in [0.3, 0.4) is 0 Å². The fourth-order valence-corrected chi connectivity index (χ4v) is 1.45. The van der Waals surface area contributed by atoms with Gasteiger partial charge in [0.15, 0.2) is 0 Å². The molecule has 0 amide bonds. The number of benzene rings is 1. The molecule has 0 spiro atoms. The Labute approximate surface area is 85.7 Å². The van der Waals surface area contributed by atoms with Gasteiger partial charge in [-0.15, -0.1) is 0 Å². The quantitative estimate of drug-likeness (QED) is 0.794. The fourth-order valence-electron chi connectivity index (χ4n) is 1.45. The highest BCUT2D eigenvalue weighted by Gasteiger charge is 2.08. The molecule has 0 unspecified atom stereocenters. The molecule has 1 aromatic heterocycles. The SMILES string of the molecule is COc1nc(=O)[nH]c2c(OC)cccc12. The second-order valence-electron chi connectivity index (χ2n) is 2.93. The van der Waals surface area contributed by atoms with Crippen molar-refractivity contribution in [2.45, 2.75) is 0 Å². The van der Waals surface area contributed by atoms with Crippen LogP contribution in [0.15, 0.2) is 23.0 Å². The molecular formula is C10H10N2O3. The molecule has 2 rings (SSSR count). The number of ether oxygens (including phenoxy) is 2. The zero-order chi connectivity index (χ0) is 10.8. The maximum absolute atomic E-state index is 11.2. The van der Waals surface area contributed by atoms with Gasteiger partial charge < -0.3 is 14.5 Å². The Kier molecular flexibility index (Phi) is 2.29. The van der Waals surface area contributed by atoms with E-state index < -0.39 is 5.69 Å². The third-order valence-electron chi connectivity index (χ3n) is 2.10.